The molecule has 0 saturated heterocycles. The van der Waals surface area contributed by atoms with Crippen LogP contribution in [0.5, 0.6) is 0 Å². The number of rotatable bonds is 5. The average molecular weight is 535 g/mol. The van der Waals surface area contributed by atoms with Crippen LogP contribution >= 0.6 is 11.3 Å². The first-order valence-corrected chi connectivity index (χ1v) is 13.8. The standard InChI is InChI=1S/C35H22N2O2S/c38-37(39)27-21-28-33-31(25-17-9-3-10-18-25)29(23-13-5-1-6-14-23)30(24-15-7-2-8-16-24)32(26-19-11-4-12-20-26)34(33)40-35(28)36-22-27/h1-22H. The first-order chi connectivity index (χ1) is 19.7. The summed E-state index contributed by atoms with van der Waals surface area (Å²) in [5.74, 6) is 0. The molecule has 40 heavy (non-hydrogen) atoms. The van der Waals surface area contributed by atoms with E-state index >= 15 is 0 Å². The molecular formula is C35H22N2O2S. The van der Waals surface area contributed by atoms with E-state index in [1.54, 1.807) is 17.4 Å². The van der Waals surface area contributed by atoms with Crippen LogP contribution in [0, 0.1) is 10.1 Å². The summed E-state index contributed by atoms with van der Waals surface area (Å²) in [6.07, 6.45) is 1.36. The first-order valence-electron chi connectivity index (χ1n) is 13.0. The van der Waals surface area contributed by atoms with E-state index < -0.39 is 0 Å². The molecule has 0 atom stereocenters. The van der Waals surface area contributed by atoms with E-state index in [4.69, 9.17) is 0 Å². The summed E-state index contributed by atoms with van der Waals surface area (Å²) in [5, 5.41) is 13.6. The van der Waals surface area contributed by atoms with Crippen LogP contribution < -0.4 is 0 Å². The third-order valence-electron chi connectivity index (χ3n) is 7.22. The summed E-state index contributed by atoms with van der Waals surface area (Å²) in [6.45, 7) is 0. The maximum Gasteiger partial charge on any atom is 0.288 e. The van der Waals surface area contributed by atoms with Gasteiger partial charge in [-0.15, -0.1) is 11.3 Å². The summed E-state index contributed by atoms with van der Waals surface area (Å²) in [7, 11) is 0. The molecule has 0 aliphatic heterocycles. The molecule has 0 bridgehead atoms. The van der Waals surface area contributed by atoms with Gasteiger partial charge < -0.3 is 0 Å². The molecule has 0 fully saturated rings. The number of hydrogen-bond donors (Lipinski definition) is 0. The third kappa shape index (κ3) is 3.96. The van der Waals surface area contributed by atoms with Gasteiger partial charge in [0.25, 0.3) is 5.69 Å². The number of fused-ring (bicyclic) bond motifs is 3. The maximum atomic E-state index is 11.8. The predicted molar refractivity (Wildman–Crippen MR) is 166 cm³/mol. The van der Waals surface area contributed by atoms with Crippen LogP contribution in [0.4, 0.5) is 5.69 Å². The number of benzene rings is 5. The van der Waals surface area contributed by atoms with Crippen LogP contribution in [-0.4, -0.2) is 9.91 Å². The molecule has 5 heteroatoms. The Morgan fingerprint density at radius 2 is 1.00 bits per heavy atom. The summed E-state index contributed by atoms with van der Waals surface area (Å²) >= 11 is 1.59. The van der Waals surface area contributed by atoms with Gasteiger partial charge in [-0.3, -0.25) is 10.1 Å². The summed E-state index contributed by atoms with van der Waals surface area (Å²) in [5.41, 5.74) is 8.69. The van der Waals surface area contributed by atoms with E-state index in [-0.39, 0.29) is 10.6 Å². The fourth-order valence-electron chi connectivity index (χ4n) is 5.54. The Morgan fingerprint density at radius 3 is 1.48 bits per heavy atom. The Balaban J connectivity index is 1.81. The average Bonchev–Trinajstić information content (AvgIpc) is 3.40. The van der Waals surface area contributed by atoms with E-state index in [0.717, 1.165) is 64.8 Å². The van der Waals surface area contributed by atoms with Crippen molar-refractivity contribution in [2.75, 3.05) is 0 Å². The van der Waals surface area contributed by atoms with Crippen molar-refractivity contribution in [1.82, 2.24) is 4.98 Å². The Hall–Kier alpha value is -5.13. The number of nitro groups is 1. The maximum absolute atomic E-state index is 11.8. The first kappa shape index (κ1) is 23.9. The van der Waals surface area contributed by atoms with Gasteiger partial charge in [-0.25, -0.2) is 4.98 Å². The lowest BCUT2D eigenvalue weighted by atomic mass is 9.80. The number of hydrogen-bond acceptors (Lipinski definition) is 4. The minimum Gasteiger partial charge on any atom is -0.258 e. The van der Waals surface area contributed by atoms with Crippen LogP contribution in [0.3, 0.4) is 0 Å². The molecule has 4 nitrogen and oxygen atoms in total. The van der Waals surface area contributed by atoms with E-state index in [2.05, 4.69) is 89.9 Å². The molecule has 0 unspecified atom stereocenters. The molecule has 0 aliphatic carbocycles. The molecular weight excluding hydrogens is 512 g/mol. The minimum atomic E-state index is -0.368. The lowest BCUT2D eigenvalue weighted by Crippen LogP contribution is -1.96. The zero-order valence-electron chi connectivity index (χ0n) is 21.3. The van der Waals surface area contributed by atoms with Gasteiger partial charge in [0.05, 0.1) is 4.92 Å². The summed E-state index contributed by atoms with van der Waals surface area (Å²) in [6, 6.07) is 43.3. The molecule has 0 aliphatic rings. The van der Waals surface area contributed by atoms with Gasteiger partial charge in [-0.1, -0.05) is 121 Å². The number of aromatic nitrogens is 1. The van der Waals surface area contributed by atoms with Crippen LogP contribution in [0.25, 0.3) is 64.8 Å². The second kappa shape index (κ2) is 9.88. The molecule has 0 radical (unpaired) electrons. The van der Waals surface area contributed by atoms with Gasteiger partial charge in [0.2, 0.25) is 0 Å². The summed E-state index contributed by atoms with van der Waals surface area (Å²) in [4.78, 5) is 16.8. The number of nitrogens with zero attached hydrogens (tertiary/aromatic N) is 2. The van der Waals surface area contributed by atoms with Gasteiger partial charge in [0, 0.05) is 27.1 Å². The van der Waals surface area contributed by atoms with Crippen molar-refractivity contribution in [2.24, 2.45) is 0 Å². The van der Waals surface area contributed by atoms with Gasteiger partial charge >= 0.3 is 0 Å². The molecule has 2 aromatic heterocycles. The highest BCUT2D eigenvalue weighted by Crippen LogP contribution is 2.54. The second-order valence-corrected chi connectivity index (χ2v) is 10.6. The number of pyridine rings is 1. The monoisotopic (exact) mass is 534 g/mol. The zero-order chi connectivity index (χ0) is 27.1. The minimum absolute atomic E-state index is 0.0131. The summed E-state index contributed by atoms with van der Waals surface area (Å²) < 4.78 is 1.06. The second-order valence-electron chi connectivity index (χ2n) is 9.57. The van der Waals surface area contributed by atoms with Crippen molar-refractivity contribution >= 4 is 37.3 Å². The normalized spacial score (nSPS) is 11.2. The topological polar surface area (TPSA) is 56.0 Å². The smallest absolute Gasteiger partial charge is 0.258 e. The van der Waals surface area contributed by atoms with Crippen molar-refractivity contribution in [2.45, 2.75) is 0 Å². The fraction of sp³-hybridized carbons (Fsp3) is 0. The van der Waals surface area contributed by atoms with E-state index in [9.17, 15) is 10.1 Å². The SMILES string of the molecule is O=[N+]([O-])c1cnc2sc3c(-c4ccccc4)c(-c4ccccc4)c(-c4ccccc4)c(-c4ccccc4)c3c2c1. The lowest BCUT2D eigenvalue weighted by Gasteiger charge is -2.22. The van der Waals surface area contributed by atoms with Crippen molar-refractivity contribution < 1.29 is 4.92 Å². The van der Waals surface area contributed by atoms with Crippen molar-refractivity contribution in [3.8, 4) is 44.5 Å². The van der Waals surface area contributed by atoms with E-state index in [0.29, 0.717) is 0 Å². The Kier molecular flexibility index (Phi) is 5.91. The predicted octanol–water partition coefficient (Wildman–Crippen LogP) is 10.0. The Labute approximate surface area is 235 Å². The Morgan fingerprint density at radius 1 is 0.575 bits per heavy atom. The molecule has 0 saturated carbocycles. The molecule has 5 aromatic carbocycles. The van der Waals surface area contributed by atoms with Gasteiger partial charge in [0.15, 0.2) is 0 Å². The van der Waals surface area contributed by atoms with Gasteiger partial charge in [-0.05, 0) is 38.9 Å². The fourth-order valence-corrected chi connectivity index (χ4v) is 6.75. The molecule has 190 valence electrons. The molecule has 0 spiro atoms. The molecule has 7 rings (SSSR count). The van der Waals surface area contributed by atoms with Crippen LogP contribution in [0.1, 0.15) is 0 Å². The number of thiophene rings is 1. The molecule has 2 heterocycles. The van der Waals surface area contributed by atoms with Crippen molar-refractivity contribution in [1.29, 1.82) is 0 Å². The largest absolute Gasteiger partial charge is 0.288 e. The Bertz CT molecular complexity index is 2000. The van der Waals surface area contributed by atoms with Gasteiger partial charge in [0.1, 0.15) is 11.0 Å². The van der Waals surface area contributed by atoms with Crippen LogP contribution in [-0.2, 0) is 0 Å². The van der Waals surface area contributed by atoms with Crippen LogP contribution in [0.15, 0.2) is 134 Å². The quantitative estimate of drug-likeness (QED) is 0.163. The van der Waals surface area contributed by atoms with Crippen molar-refractivity contribution in [3.63, 3.8) is 0 Å². The molecule has 0 N–H and O–H groups in total. The molecule has 0 amide bonds. The van der Waals surface area contributed by atoms with Crippen molar-refractivity contribution in [3.05, 3.63) is 144 Å². The van der Waals surface area contributed by atoms with Gasteiger partial charge in [-0.2, -0.15) is 0 Å². The lowest BCUT2D eigenvalue weighted by molar-refractivity contribution is -0.385. The highest BCUT2D eigenvalue weighted by Gasteiger charge is 2.27. The third-order valence-corrected chi connectivity index (χ3v) is 8.35. The van der Waals surface area contributed by atoms with Crippen LogP contribution in [0.2, 0.25) is 0 Å². The molecule has 7 aromatic rings. The van der Waals surface area contributed by atoms with E-state index in [1.807, 2.05) is 36.4 Å². The highest BCUT2D eigenvalue weighted by molar-refractivity contribution is 7.26. The highest BCUT2D eigenvalue weighted by atomic mass is 32.1. The zero-order valence-corrected chi connectivity index (χ0v) is 22.1. The van der Waals surface area contributed by atoms with E-state index in [1.165, 1.54) is 6.20 Å².